The second-order valence-corrected chi connectivity index (χ2v) is 5.24. The Morgan fingerprint density at radius 2 is 2.00 bits per heavy atom. The molecule has 0 unspecified atom stereocenters. The van der Waals surface area contributed by atoms with Crippen LogP contribution in [0, 0.1) is 5.92 Å². The van der Waals surface area contributed by atoms with Gasteiger partial charge in [-0.1, -0.05) is 13.8 Å². The van der Waals surface area contributed by atoms with Gasteiger partial charge in [0.1, 0.15) is 5.60 Å². The van der Waals surface area contributed by atoms with E-state index in [9.17, 15) is 18.3 Å². The molecule has 1 N–H and O–H groups in total. The topological polar surface area (TPSA) is 49.2 Å². The van der Waals surface area contributed by atoms with Crippen molar-refractivity contribution in [3.05, 3.63) is 5.82 Å². The lowest BCUT2D eigenvalue weighted by molar-refractivity contribution is -0.144. The Labute approximate surface area is 100 Å². The summed E-state index contributed by atoms with van der Waals surface area (Å²) < 4.78 is 40.1. The Morgan fingerprint density at radius 3 is 2.41 bits per heavy atom. The van der Waals surface area contributed by atoms with Gasteiger partial charge in [-0.15, -0.1) is 0 Å². The molecule has 1 aromatic heterocycles. The summed E-state index contributed by atoms with van der Waals surface area (Å²) >= 11 is 0.707. The van der Waals surface area contributed by atoms with Crippen LogP contribution in [0.3, 0.4) is 0 Å². The predicted octanol–water partition coefficient (Wildman–Crippen LogP) is 1.76. The molecule has 0 amide bonds. The van der Waals surface area contributed by atoms with Crippen molar-refractivity contribution in [1.29, 1.82) is 0 Å². The van der Waals surface area contributed by atoms with Crippen LogP contribution >= 0.6 is 11.5 Å². The number of alkyl halides is 3. The molecule has 1 aliphatic rings. The average molecular weight is 267 g/mol. The molecule has 1 aliphatic heterocycles. The van der Waals surface area contributed by atoms with Gasteiger partial charge in [-0.25, -0.2) is 0 Å². The van der Waals surface area contributed by atoms with Crippen LogP contribution in [0.15, 0.2) is 0 Å². The minimum absolute atomic E-state index is 0.0637. The highest BCUT2D eigenvalue weighted by Gasteiger charge is 2.46. The van der Waals surface area contributed by atoms with E-state index in [1.165, 1.54) is 0 Å². The Morgan fingerprint density at radius 1 is 1.41 bits per heavy atom. The van der Waals surface area contributed by atoms with Crippen molar-refractivity contribution in [1.82, 2.24) is 9.36 Å². The maximum Gasteiger partial charge on any atom is 0.452 e. The summed E-state index contributed by atoms with van der Waals surface area (Å²) in [5.41, 5.74) is -0.829. The highest BCUT2D eigenvalue weighted by Crippen LogP contribution is 2.36. The molecule has 0 aromatic carbocycles. The van der Waals surface area contributed by atoms with Crippen LogP contribution in [0.25, 0.3) is 0 Å². The lowest BCUT2D eigenvalue weighted by Gasteiger charge is -2.48. The first-order valence-electron chi connectivity index (χ1n) is 5.10. The third-order valence-corrected chi connectivity index (χ3v) is 3.72. The van der Waals surface area contributed by atoms with Crippen molar-refractivity contribution in [3.8, 4) is 0 Å². The zero-order valence-corrected chi connectivity index (χ0v) is 10.1. The highest BCUT2D eigenvalue weighted by molar-refractivity contribution is 7.09. The number of hydrogen-bond acceptors (Lipinski definition) is 5. The molecule has 2 rings (SSSR count). The van der Waals surface area contributed by atoms with Crippen LogP contribution in [0.1, 0.15) is 19.7 Å². The second kappa shape index (κ2) is 3.81. The molecule has 0 spiro atoms. The van der Waals surface area contributed by atoms with E-state index in [4.69, 9.17) is 0 Å². The summed E-state index contributed by atoms with van der Waals surface area (Å²) in [4.78, 5) is 5.03. The van der Waals surface area contributed by atoms with Crippen molar-refractivity contribution in [2.75, 3.05) is 18.0 Å². The fraction of sp³-hybridized carbons (Fsp3) is 0.778. The van der Waals surface area contributed by atoms with Gasteiger partial charge in [0, 0.05) is 11.5 Å². The van der Waals surface area contributed by atoms with Gasteiger partial charge < -0.3 is 10.0 Å². The highest BCUT2D eigenvalue weighted by atomic mass is 32.1. The van der Waals surface area contributed by atoms with E-state index in [1.54, 1.807) is 4.90 Å². The molecule has 2 heterocycles. The van der Waals surface area contributed by atoms with Crippen LogP contribution in [-0.2, 0) is 6.18 Å². The predicted molar refractivity (Wildman–Crippen MR) is 56.9 cm³/mol. The van der Waals surface area contributed by atoms with E-state index in [0.717, 1.165) is 0 Å². The summed E-state index contributed by atoms with van der Waals surface area (Å²) in [6.45, 7) is 4.35. The Kier molecular flexibility index (Phi) is 2.81. The van der Waals surface area contributed by atoms with Crippen molar-refractivity contribution in [2.45, 2.75) is 25.6 Å². The number of rotatable bonds is 2. The lowest BCUT2D eigenvalue weighted by Crippen LogP contribution is -2.64. The third-order valence-electron chi connectivity index (χ3n) is 2.94. The molecule has 0 saturated carbocycles. The monoisotopic (exact) mass is 267 g/mol. The molecule has 1 saturated heterocycles. The van der Waals surface area contributed by atoms with E-state index in [0.29, 0.717) is 24.6 Å². The van der Waals surface area contributed by atoms with Gasteiger partial charge in [0.15, 0.2) is 0 Å². The van der Waals surface area contributed by atoms with E-state index in [-0.39, 0.29) is 11.0 Å². The zero-order chi connectivity index (χ0) is 12.8. The van der Waals surface area contributed by atoms with Crippen LogP contribution in [0.4, 0.5) is 18.3 Å². The molecule has 0 atom stereocenters. The van der Waals surface area contributed by atoms with Gasteiger partial charge in [0.2, 0.25) is 11.0 Å². The van der Waals surface area contributed by atoms with Gasteiger partial charge in [-0.2, -0.15) is 22.5 Å². The van der Waals surface area contributed by atoms with Gasteiger partial charge >= 0.3 is 6.18 Å². The summed E-state index contributed by atoms with van der Waals surface area (Å²) in [5.74, 6) is -1.05. The molecular formula is C9H12F3N3OS. The van der Waals surface area contributed by atoms with Crippen LogP contribution in [-0.4, -0.2) is 33.2 Å². The Hall–Kier alpha value is -0.890. The van der Waals surface area contributed by atoms with Crippen molar-refractivity contribution < 1.29 is 18.3 Å². The summed E-state index contributed by atoms with van der Waals surface area (Å²) in [6.07, 6.45) is -4.51. The first kappa shape index (κ1) is 12.6. The molecule has 0 bridgehead atoms. The molecule has 17 heavy (non-hydrogen) atoms. The smallest absolute Gasteiger partial charge is 0.386 e. The summed E-state index contributed by atoms with van der Waals surface area (Å²) in [7, 11) is 0. The average Bonchev–Trinajstić information content (AvgIpc) is 2.59. The maximum atomic E-state index is 12.3. The summed E-state index contributed by atoms with van der Waals surface area (Å²) in [5, 5.41) is 10.2. The van der Waals surface area contributed by atoms with E-state index in [2.05, 4.69) is 9.36 Å². The standard InChI is InChI=1S/C9H12F3N3OS/c1-5(2)8(16)3-15(4-8)7-13-6(14-17-7)9(10,11)12/h5,16H,3-4H2,1-2H3. The lowest BCUT2D eigenvalue weighted by atomic mass is 9.83. The van der Waals surface area contributed by atoms with Crippen LogP contribution in [0.5, 0.6) is 0 Å². The SMILES string of the molecule is CC(C)C1(O)CN(c2nc(C(F)(F)F)ns2)C1. The van der Waals surface area contributed by atoms with E-state index < -0.39 is 17.6 Å². The fourth-order valence-corrected chi connectivity index (χ4v) is 2.26. The van der Waals surface area contributed by atoms with E-state index in [1.807, 2.05) is 13.8 Å². The van der Waals surface area contributed by atoms with Gasteiger partial charge in [0.25, 0.3) is 0 Å². The molecule has 8 heteroatoms. The summed E-state index contributed by atoms with van der Waals surface area (Å²) in [6, 6.07) is 0. The number of anilines is 1. The second-order valence-electron chi connectivity index (χ2n) is 4.51. The minimum atomic E-state index is -4.51. The van der Waals surface area contributed by atoms with Gasteiger partial charge in [-0.3, -0.25) is 0 Å². The molecule has 4 nitrogen and oxygen atoms in total. The maximum absolute atomic E-state index is 12.3. The molecule has 96 valence electrons. The molecule has 1 fully saturated rings. The number of halogens is 3. The van der Waals surface area contributed by atoms with Gasteiger partial charge in [0.05, 0.1) is 13.1 Å². The largest absolute Gasteiger partial charge is 0.452 e. The van der Waals surface area contributed by atoms with Crippen molar-refractivity contribution in [3.63, 3.8) is 0 Å². The quantitative estimate of drug-likeness (QED) is 0.887. The first-order valence-corrected chi connectivity index (χ1v) is 5.88. The zero-order valence-electron chi connectivity index (χ0n) is 9.32. The van der Waals surface area contributed by atoms with Gasteiger partial charge in [-0.05, 0) is 5.92 Å². The number of nitrogens with zero attached hydrogens (tertiary/aromatic N) is 3. The number of aliphatic hydroxyl groups is 1. The Balaban J connectivity index is 2.05. The normalized spacial score (nSPS) is 19.6. The van der Waals surface area contributed by atoms with E-state index >= 15 is 0 Å². The molecule has 1 aromatic rings. The van der Waals surface area contributed by atoms with Crippen LogP contribution < -0.4 is 4.90 Å². The molecule has 0 radical (unpaired) electrons. The number of β-amino-alcohol motifs (C(OH)–C–C–N with tert-alkyl or cyclic N) is 1. The van der Waals surface area contributed by atoms with Crippen molar-refractivity contribution >= 4 is 16.7 Å². The third kappa shape index (κ3) is 2.23. The Bertz CT molecular complexity index is 412. The first-order chi connectivity index (χ1) is 7.72. The van der Waals surface area contributed by atoms with Crippen molar-refractivity contribution in [2.24, 2.45) is 5.92 Å². The number of aromatic nitrogens is 2. The minimum Gasteiger partial charge on any atom is -0.386 e. The fourth-order valence-electron chi connectivity index (χ4n) is 1.57. The molecular weight excluding hydrogens is 255 g/mol. The van der Waals surface area contributed by atoms with Crippen LogP contribution in [0.2, 0.25) is 0 Å². The number of hydrogen-bond donors (Lipinski definition) is 1. The molecule has 0 aliphatic carbocycles.